The SMILES string of the molecule is CCCCOc1ccc(C(O)=C2C(=O)C(=O)N(CCCN3CCOCC3)C2c2ccc(OCc3ccccc3)cc2)cc1. The van der Waals surface area contributed by atoms with Crippen LogP contribution in [0.2, 0.25) is 0 Å². The van der Waals surface area contributed by atoms with Gasteiger partial charge in [0, 0.05) is 31.7 Å². The van der Waals surface area contributed by atoms with E-state index in [0.29, 0.717) is 56.5 Å². The molecule has 0 spiro atoms. The minimum absolute atomic E-state index is 0.0916. The van der Waals surface area contributed by atoms with Crippen molar-refractivity contribution in [1.82, 2.24) is 9.80 Å². The number of carbonyl (C=O) groups is 2. The number of ketones is 1. The highest BCUT2D eigenvalue weighted by Crippen LogP contribution is 2.40. The molecule has 0 saturated carbocycles. The number of likely N-dealkylation sites (tertiary alicyclic amines) is 1. The predicted octanol–water partition coefficient (Wildman–Crippen LogP) is 5.59. The summed E-state index contributed by atoms with van der Waals surface area (Å²) in [4.78, 5) is 30.8. The topological polar surface area (TPSA) is 88.5 Å². The van der Waals surface area contributed by atoms with Gasteiger partial charge in [0.25, 0.3) is 11.7 Å². The van der Waals surface area contributed by atoms with E-state index >= 15 is 0 Å². The third-order valence-corrected chi connectivity index (χ3v) is 7.86. The lowest BCUT2D eigenvalue weighted by Crippen LogP contribution is -2.38. The number of rotatable bonds is 13. The zero-order chi connectivity index (χ0) is 30.0. The van der Waals surface area contributed by atoms with Gasteiger partial charge in [-0.25, -0.2) is 0 Å². The molecule has 5 rings (SSSR count). The molecule has 1 unspecified atom stereocenters. The number of aliphatic hydroxyl groups excluding tert-OH is 1. The van der Waals surface area contributed by atoms with Gasteiger partial charge in [0.05, 0.1) is 31.4 Å². The van der Waals surface area contributed by atoms with E-state index in [1.54, 1.807) is 29.2 Å². The average molecular weight is 585 g/mol. The maximum absolute atomic E-state index is 13.5. The Bertz CT molecular complexity index is 1380. The number of amides is 1. The van der Waals surface area contributed by atoms with Crippen molar-refractivity contribution in [2.24, 2.45) is 0 Å². The Balaban J connectivity index is 1.39. The van der Waals surface area contributed by atoms with Crippen LogP contribution in [0.25, 0.3) is 5.76 Å². The van der Waals surface area contributed by atoms with Crippen LogP contribution in [0.4, 0.5) is 0 Å². The summed E-state index contributed by atoms with van der Waals surface area (Å²) in [6.45, 7) is 7.43. The van der Waals surface area contributed by atoms with Gasteiger partial charge in [-0.2, -0.15) is 0 Å². The van der Waals surface area contributed by atoms with Gasteiger partial charge in [-0.1, -0.05) is 55.8 Å². The highest BCUT2D eigenvalue weighted by molar-refractivity contribution is 6.46. The van der Waals surface area contributed by atoms with Crippen LogP contribution in [0.5, 0.6) is 11.5 Å². The summed E-state index contributed by atoms with van der Waals surface area (Å²) in [5.41, 5.74) is 2.34. The lowest BCUT2D eigenvalue weighted by atomic mass is 9.95. The van der Waals surface area contributed by atoms with Crippen molar-refractivity contribution < 1.29 is 28.9 Å². The highest BCUT2D eigenvalue weighted by atomic mass is 16.5. The van der Waals surface area contributed by atoms with Gasteiger partial charge >= 0.3 is 0 Å². The second-order valence-corrected chi connectivity index (χ2v) is 10.9. The first-order valence-corrected chi connectivity index (χ1v) is 15.1. The van der Waals surface area contributed by atoms with Crippen LogP contribution in [-0.2, 0) is 20.9 Å². The molecule has 2 saturated heterocycles. The minimum Gasteiger partial charge on any atom is -0.507 e. The third-order valence-electron chi connectivity index (χ3n) is 7.86. The first kappa shape index (κ1) is 30.3. The van der Waals surface area contributed by atoms with Gasteiger partial charge in [0.1, 0.15) is 23.9 Å². The molecule has 3 aromatic carbocycles. The largest absolute Gasteiger partial charge is 0.507 e. The molecular weight excluding hydrogens is 544 g/mol. The molecule has 3 aromatic rings. The van der Waals surface area contributed by atoms with Crippen LogP contribution in [-0.4, -0.2) is 72.6 Å². The van der Waals surface area contributed by atoms with Crippen LogP contribution in [0.1, 0.15) is 48.9 Å². The van der Waals surface area contributed by atoms with Crippen molar-refractivity contribution in [2.75, 3.05) is 46.0 Å². The molecule has 0 aliphatic carbocycles. The van der Waals surface area contributed by atoms with E-state index in [0.717, 1.165) is 43.6 Å². The van der Waals surface area contributed by atoms with Gasteiger partial charge in [-0.3, -0.25) is 14.5 Å². The smallest absolute Gasteiger partial charge is 0.295 e. The summed E-state index contributed by atoms with van der Waals surface area (Å²) in [7, 11) is 0. The Morgan fingerprint density at radius 2 is 1.53 bits per heavy atom. The number of unbranched alkanes of at least 4 members (excludes halogenated alkanes) is 1. The molecule has 0 aromatic heterocycles. The summed E-state index contributed by atoms with van der Waals surface area (Å²) < 4.78 is 17.2. The number of morpholine rings is 1. The molecule has 1 amide bonds. The van der Waals surface area contributed by atoms with Crippen LogP contribution < -0.4 is 9.47 Å². The van der Waals surface area contributed by atoms with Gasteiger partial charge in [-0.15, -0.1) is 0 Å². The Labute approximate surface area is 253 Å². The van der Waals surface area contributed by atoms with Crippen molar-refractivity contribution in [1.29, 1.82) is 0 Å². The second-order valence-electron chi connectivity index (χ2n) is 10.9. The molecule has 8 nitrogen and oxygen atoms in total. The number of hydrogen-bond donors (Lipinski definition) is 1. The number of ether oxygens (including phenoxy) is 3. The lowest BCUT2D eigenvalue weighted by Gasteiger charge is -2.29. The fraction of sp³-hybridized carbons (Fsp3) is 0.371. The van der Waals surface area contributed by atoms with Crippen molar-refractivity contribution in [3.05, 3.63) is 101 Å². The minimum atomic E-state index is -0.714. The number of nitrogens with zero attached hydrogens (tertiary/aromatic N) is 2. The number of benzene rings is 3. The van der Waals surface area contributed by atoms with E-state index in [1.165, 1.54) is 0 Å². The molecule has 1 N–H and O–H groups in total. The molecule has 2 heterocycles. The molecule has 2 fully saturated rings. The van der Waals surface area contributed by atoms with Crippen LogP contribution in [0.15, 0.2) is 84.4 Å². The maximum atomic E-state index is 13.5. The summed E-state index contributed by atoms with van der Waals surface area (Å²) in [5, 5.41) is 11.4. The van der Waals surface area contributed by atoms with Crippen molar-refractivity contribution >= 4 is 17.4 Å². The highest BCUT2D eigenvalue weighted by Gasteiger charge is 2.45. The number of hydrogen-bond acceptors (Lipinski definition) is 7. The van der Waals surface area contributed by atoms with Gasteiger partial charge in [0.2, 0.25) is 0 Å². The Kier molecular flexibility index (Phi) is 10.5. The molecule has 0 bridgehead atoms. The molecule has 8 heteroatoms. The Hall–Kier alpha value is -4.14. The van der Waals surface area contributed by atoms with E-state index in [2.05, 4.69) is 11.8 Å². The van der Waals surface area contributed by atoms with Crippen LogP contribution in [0.3, 0.4) is 0 Å². The first-order chi connectivity index (χ1) is 21.0. The van der Waals surface area contributed by atoms with Crippen molar-refractivity contribution in [3.8, 4) is 11.5 Å². The van der Waals surface area contributed by atoms with E-state index in [4.69, 9.17) is 14.2 Å². The van der Waals surface area contributed by atoms with Crippen molar-refractivity contribution in [3.63, 3.8) is 0 Å². The van der Waals surface area contributed by atoms with E-state index in [9.17, 15) is 14.7 Å². The van der Waals surface area contributed by atoms with Gasteiger partial charge < -0.3 is 24.2 Å². The molecular formula is C35H40N2O6. The molecule has 226 valence electrons. The zero-order valence-corrected chi connectivity index (χ0v) is 24.7. The lowest BCUT2D eigenvalue weighted by molar-refractivity contribution is -0.140. The molecule has 43 heavy (non-hydrogen) atoms. The number of aliphatic hydroxyl groups is 1. The molecule has 2 aliphatic heterocycles. The standard InChI is InChI=1S/C35H40N2O6/c1-2-3-22-42-29-16-12-28(13-17-29)33(38)31-32(27-10-14-30(15-11-27)43-25-26-8-5-4-6-9-26)37(35(40)34(31)39)19-7-18-36-20-23-41-24-21-36/h4-6,8-17,32,38H,2-3,7,18-25H2,1H3. The van der Waals surface area contributed by atoms with Gasteiger partial charge in [0.15, 0.2) is 0 Å². The fourth-order valence-electron chi connectivity index (χ4n) is 5.43. The molecule has 0 radical (unpaired) electrons. The van der Waals surface area contributed by atoms with E-state index in [-0.39, 0.29) is 11.3 Å². The number of Topliss-reactive ketones (excluding diaryl/α,β-unsaturated/α-hetero) is 1. The summed E-state index contributed by atoms with van der Waals surface area (Å²) in [6.07, 6.45) is 2.68. The monoisotopic (exact) mass is 584 g/mol. The molecule has 2 aliphatic rings. The zero-order valence-electron chi connectivity index (χ0n) is 24.7. The number of carbonyl (C=O) groups excluding carboxylic acids is 2. The average Bonchev–Trinajstić information content (AvgIpc) is 3.30. The summed E-state index contributed by atoms with van der Waals surface area (Å²) >= 11 is 0. The summed E-state index contributed by atoms with van der Waals surface area (Å²) in [5.74, 6) is -0.103. The normalized spacial score (nSPS) is 18.6. The first-order valence-electron chi connectivity index (χ1n) is 15.1. The molecule has 1 atom stereocenters. The van der Waals surface area contributed by atoms with E-state index < -0.39 is 17.7 Å². The van der Waals surface area contributed by atoms with E-state index in [1.807, 2.05) is 54.6 Å². The Morgan fingerprint density at radius 3 is 2.23 bits per heavy atom. The van der Waals surface area contributed by atoms with Gasteiger partial charge in [-0.05, 0) is 60.4 Å². The fourth-order valence-corrected chi connectivity index (χ4v) is 5.43. The van der Waals surface area contributed by atoms with Crippen molar-refractivity contribution in [2.45, 2.75) is 38.8 Å². The third kappa shape index (κ3) is 7.63. The van der Waals surface area contributed by atoms with Crippen LogP contribution >= 0.6 is 0 Å². The quantitative estimate of drug-likeness (QED) is 0.121. The second kappa shape index (κ2) is 14.8. The predicted molar refractivity (Wildman–Crippen MR) is 165 cm³/mol. The summed E-state index contributed by atoms with van der Waals surface area (Å²) in [6, 6.07) is 23.6. The Morgan fingerprint density at radius 1 is 0.860 bits per heavy atom. The maximum Gasteiger partial charge on any atom is 0.295 e. The van der Waals surface area contributed by atoms with Crippen LogP contribution in [0, 0.1) is 0 Å².